The second kappa shape index (κ2) is 5.72. The highest BCUT2D eigenvalue weighted by atomic mass is 16.4. The number of hydrazine groups is 1. The zero-order valence-corrected chi connectivity index (χ0v) is 8.43. The van der Waals surface area contributed by atoms with E-state index in [4.69, 9.17) is 10.2 Å². The summed E-state index contributed by atoms with van der Waals surface area (Å²) in [6.07, 6.45) is -0.0394. The molecule has 4 N–H and O–H groups in total. The molecule has 1 aromatic rings. The van der Waals surface area contributed by atoms with Gasteiger partial charge in [0.25, 0.3) is 0 Å². The molecular formula is C10H12N2O4. The summed E-state index contributed by atoms with van der Waals surface area (Å²) in [5.41, 5.74) is 5.82. The Morgan fingerprint density at radius 2 is 1.88 bits per heavy atom. The van der Waals surface area contributed by atoms with Crippen molar-refractivity contribution in [2.45, 2.75) is 6.42 Å². The van der Waals surface area contributed by atoms with E-state index in [9.17, 15) is 9.59 Å². The van der Waals surface area contributed by atoms with Gasteiger partial charge in [-0.05, 0) is 12.1 Å². The van der Waals surface area contributed by atoms with Gasteiger partial charge in [0.2, 0.25) is 0 Å². The lowest BCUT2D eigenvalue weighted by atomic mass is 10.2. The summed E-state index contributed by atoms with van der Waals surface area (Å²) in [6, 6.07) is 6.36. The summed E-state index contributed by atoms with van der Waals surface area (Å²) in [5, 5.41) is 17.2. The molecule has 0 aliphatic heterocycles. The molecule has 0 aromatic heterocycles. The first kappa shape index (κ1) is 12.0. The molecule has 86 valence electrons. The molecule has 0 bridgehead atoms. The Kier molecular flexibility index (Phi) is 4.28. The lowest BCUT2D eigenvalue weighted by Gasteiger charge is -2.09. The van der Waals surface area contributed by atoms with E-state index in [1.54, 1.807) is 18.2 Å². The van der Waals surface area contributed by atoms with Gasteiger partial charge in [-0.25, -0.2) is 10.2 Å². The van der Waals surface area contributed by atoms with Crippen molar-refractivity contribution in [3.63, 3.8) is 0 Å². The fourth-order valence-electron chi connectivity index (χ4n) is 1.11. The number of nitrogens with one attached hydrogen (secondary N) is 2. The first-order valence-electron chi connectivity index (χ1n) is 4.64. The Balaban J connectivity index is 2.53. The monoisotopic (exact) mass is 224 g/mol. The van der Waals surface area contributed by atoms with Gasteiger partial charge in [0.15, 0.2) is 0 Å². The Morgan fingerprint density at radius 1 is 1.19 bits per heavy atom. The number of rotatable bonds is 6. The highest BCUT2D eigenvalue weighted by molar-refractivity contribution is 5.94. The number of carboxylic acids is 2. The average Bonchev–Trinajstić information content (AvgIpc) is 2.24. The number of hydrogen-bond acceptors (Lipinski definition) is 4. The van der Waals surface area contributed by atoms with Crippen molar-refractivity contribution in [2.75, 3.05) is 12.0 Å². The van der Waals surface area contributed by atoms with Crippen LogP contribution in [0.2, 0.25) is 0 Å². The van der Waals surface area contributed by atoms with E-state index >= 15 is 0 Å². The van der Waals surface area contributed by atoms with Gasteiger partial charge < -0.3 is 15.6 Å². The number of aromatic carboxylic acids is 1. The summed E-state index contributed by atoms with van der Waals surface area (Å²) >= 11 is 0. The third kappa shape index (κ3) is 3.58. The van der Waals surface area contributed by atoms with Crippen molar-refractivity contribution in [3.8, 4) is 0 Å². The normalized spacial score (nSPS) is 9.75. The fourth-order valence-corrected chi connectivity index (χ4v) is 1.11. The molecule has 1 aromatic carbocycles. The summed E-state index contributed by atoms with van der Waals surface area (Å²) in [5.74, 6) is -1.95. The molecule has 0 fully saturated rings. The van der Waals surface area contributed by atoms with Crippen LogP contribution < -0.4 is 10.9 Å². The van der Waals surface area contributed by atoms with Crippen LogP contribution in [0.15, 0.2) is 24.3 Å². The fraction of sp³-hybridized carbons (Fsp3) is 0.200. The predicted octanol–water partition coefficient (Wildman–Crippen LogP) is 0.776. The van der Waals surface area contributed by atoms with Crippen LogP contribution in [-0.2, 0) is 4.79 Å². The number of para-hydroxylation sites is 1. The molecular weight excluding hydrogens is 212 g/mol. The smallest absolute Gasteiger partial charge is 0.337 e. The maximum Gasteiger partial charge on any atom is 0.337 e. The zero-order chi connectivity index (χ0) is 12.0. The topological polar surface area (TPSA) is 98.7 Å². The molecule has 0 atom stereocenters. The third-order valence-electron chi connectivity index (χ3n) is 1.84. The standard InChI is InChI=1S/C10H12N2O4/c13-9(14)5-6-11-12-8-4-2-1-3-7(8)10(15)16/h1-4,11-12H,5-6H2,(H,13,14)(H,15,16). The van der Waals surface area contributed by atoms with Crippen LogP contribution in [-0.4, -0.2) is 28.7 Å². The van der Waals surface area contributed by atoms with Crippen molar-refractivity contribution < 1.29 is 19.8 Å². The predicted molar refractivity (Wildman–Crippen MR) is 57.3 cm³/mol. The van der Waals surface area contributed by atoms with Gasteiger partial charge in [0, 0.05) is 6.54 Å². The lowest BCUT2D eigenvalue weighted by Crippen LogP contribution is -2.25. The molecule has 0 unspecified atom stereocenters. The van der Waals surface area contributed by atoms with E-state index in [0.29, 0.717) is 5.69 Å². The van der Waals surface area contributed by atoms with Gasteiger partial charge in [-0.2, -0.15) is 0 Å². The SMILES string of the molecule is O=C(O)CCNNc1ccccc1C(=O)O. The molecule has 0 spiro atoms. The highest BCUT2D eigenvalue weighted by Crippen LogP contribution is 2.13. The van der Waals surface area contributed by atoms with Gasteiger partial charge in [-0.1, -0.05) is 12.1 Å². The Hall–Kier alpha value is -2.08. The average molecular weight is 224 g/mol. The van der Waals surface area contributed by atoms with Crippen LogP contribution in [0, 0.1) is 0 Å². The number of benzene rings is 1. The highest BCUT2D eigenvalue weighted by Gasteiger charge is 2.07. The summed E-state index contributed by atoms with van der Waals surface area (Å²) in [4.78, 5) is 21.0. The second-order valence-electron chi connectivity index (χ2n) is 3.05. The number of hydrogen-bond donors (Lipinski definition) is 4. The third-order valence-corrected chi connectivity index (χ3v) is 1.84. The first-order chi connectivity index (χ1) is 7.61. The number of aliphatic carboxylic acids is 1. The molecule has 0 saturated heterocycles. The molecule has 0 radical (unpaired) electrons. The molecule has 1 rings (SSSR count). The van der Waals surface area contributed by atoms with Gasteiger partial charge in [0.05, 0.1) is 17.7 Å². The summed E-state index contributed by atoms with van der Waals surface area (Å²) in [6.45, 7) is 0.212. The number of carboxylic acid groups (broad SMARTS) is 2. The maximum absolute atomic E-state index is 10.8. The van der Waals surface area contributed by atoms with Crippen LogP contribution in [0.5, 0.6) is 0 Å². The van der Waals surface area contributed by atoms with E-state index in [2.05, 4.69) is 10.9 Å². The van der Waals surface area contributed by atoms with E-state index in [1.807, 2.05) is 0 Å². The Bertz CT molecular complexity index is 392. The van der Waals surface area contributed by atoms with Crippen LogP contribution in [0.1, 0.15) is 16.8 Å². The van der Waals surface area contributed by atoms with Crippen molar-refractivity contribution >= 4 is 17.6 Å². The van der Waals surface area contributed by atoms with Crippen molar-refractivity contribution in [1.29, 1.82) is 0 Å². The van der Waals surface area contributed by atoms with Crippen molar-refractivity contribution in [1.82, 2.24) is 5.43 Å². The van der Waals surface area contributed by atoms with Crippen LogP contribution >= 0.6 is 0 Å². The molecule has 0 amide bonds. The number of anilines is 1. The van der Waals surface area contributed by atoms with Crippen molar-refractivity contribution in [2.24, 2.45) is 0 Å². The molecule has 0 heterocycles. The largest absolute Gasteiger partial charge is 0.481 e. The molecule has 16 heavy (non-hydrogen) atoms. The molecule has 6 heteroatoms. The minimum Gasteiger partial charge on any atom is -0.481 e. The Morgan fingerprint density at radius 3 is 2.50 bits per heavy atom. The van der Waals surface area contributed by atoms with Crippen LogP contribution in [0.25, 0.3) is 0 Å². The van der Waals surface area contributed by atoms with Crippen molar-refractivity contribution in [3.05, 3.63) is 29.8 Å². The molecule has 0 aliphatic carbocycles. The lowest BCUT2D eigenvalue weighted by molar-refractivity contribution is -0.136. The zero-order valence-electron chi connectivity index (χ0n) is 8.43. The van der Waals surface area contributed by atoms with Crippen LogP contribution in [0.4, 0.5) is 5.69 Å². The molecule has 0 aliphatic rings. The van der Waals surface area contributed by atoms with Gasteiger partial charge in [-0.3, -0.25) is 4.79 Å². The van der Waals surface area contributed by atoms with Gasteiger partial charge in [0.1, 0.15) is 0 Å². The van der Waals surface area contributed by atoms with E-state index in [-0.39, 0.29) is 18.5 Å². The maximum atomic E-state index is 10.8. The molecule has 0 saturated carbocycles. The van der Waals surface area contributed by atoms with Crippen LogP contribution in [0.3, 0.4) is 0 Å². The molecule has 6 nitrogen and oxygen atoms in total. The van der Waals surface area contributed by atoms with Gasteiger partial charge in [-0.15, -0.1) is 0 Å². The van der Waals surface area contributed by atoms with E-state index in [1.165, 1.54) is 6.07 Å². The van der Waals surface area contributed by atoms with E-state index < -0.39 is 11.9 Å². The minimum absolute atomic E-state index is 0.0394. The second-order valence-corrected chi connectivity index (χ2v) is 3.05. The summed E-state index contributed by atoms with van der Waals surface area (Å²) < 4.78 is 0. The Labute approximate surface area is 91.9 Å². The number of carbonyl (C=O) groups is 2. The van der Waals surface area contributed by atoms with Gasteiger partial charge >= 0.3 is 11.9 Å². The summed E-state index contributed by atoms with van der Waals surface area (Å²) in [7, 11) is 0. The first-order valence-corrected chi connectivity index (χ1v) is 4.64. The van der Waals surface area contributed by atoms with E-state index in [0.717, 1.165) is 0 Å². The quantitative estimate of drug-likeness (QED) is 0.421. The minimum atomic E-state index is -1.04.